The van der Waals surface area contributed by atoms with Gasteiger partial charge in [-0.3, -0.25) is 5.32 Å². The summed E-state index contributed by atoms with van der Waals surface area (Å²) in [6, 6.07) is 4.20. The number of hydrogen-bond acceptors (Lipinski definition) is 5. The van der Waals surface area contributed by atoms with Crippen LogP contribution in [0, 0.1) is 0 Å². The van der Waals surface area contributed by atoms with Crippen LogP contribution < -0.4 is 5.32 Å². The highest BCUT2D eigenvalue weighted by molar-refractivity contribution is 8.13. The van der Waals surface area contributed by atoms with Crippen LogP contribution in [0.15, 0.2) is 18.2 Å². The van der Waals surface area contributed by atoms with Gasteiger partial charge in [-0.25, -0.2) is 13.2 Å². The summed E-state index contributed by atoms with van der Waals surface area (Å²) in [6.07, 6.45) is -0.799. The summed E-state index contributed by atoms with van der Waals surface area (Å²) in [4.78, 5) is 11.7. The summed E-state index contributed by atoms with van der Waals surface area (Å²) in [5.74, 6) is -0.789. The number of carbonyl (C=O) groups is 1. The number of anilines is 1. The summed E-state index contributed by atoms with van der Waals surface area (Å²) in [6.45, 7) is 5.05. The molecule has 0 atom stereocenters. The maximum Gasteiger partial charge on any atom is 0.412 e. The number of phenols is 1. The molecule has 0 saturated carbocycles. The zero-order valence-electron chi connectivity index (χ0n) is 11.3. The molecule has 0 heterocycles. The summed E-state index contributed by atoms with van der Waals surface area (Å²) in [7, 11) is 1.36. The summed E-state index contributed by atoms with van der Waals surface area (Å²) >= 11 is 0. The van der Waals surface area contributed by atoms with Crippen molar-refractivity contribution >= 4 is 31.5 Å². The number of phenolic OH excluding ortho intramolecular Hbond substituents is 1. The van der Waals surface area contributed by atoms with E-state index in [0.717, 1.165) is 0 Å². The Balaban J connectivity index is 3.02. The van der Waals surface area contributed by atoms with Gasteiger partial charge in [0.1, 0.15) is 11.4 Å². The first-order chi connectivity index (χ1) is 8.98. The van der Waals surface area contributed by atoms with Crippen molar-refractivity contribution in [2.75, 3.05) is 5.32 Å². The SMILES string of the molecule is CC(C)(C)OC(=O)Nc1c(O)cccc1CS(=O)(=O)Cl. The summed E-state index contributed by atoms with van der Waals surface area (Å²) < 4.78 is 27.3. The second-order valence-electron chi connectivity index (χ2n) is 5.12. The fourth-order valence-corrected chi connectivity index (χ4v) is 2.41. The lowest BCUT2D eigenvalue weighted by molar-refractivity contribution is 0.0635. The van der Waals surface area contributed by atoms with E-state index in [4.69, 9.17) is 15.4 Å². The maximum absolute atomic E-state index is 11.7. The highest BCUT2D eigenvalue weighted by Crippen LogP contribution is 2.29. The number of nitrogens with one attached hydrogen (secondary N) is 1. The molecule has 0 aliphatic rings. The van der Waals surface area contributed by atoms with Gasteiger partial charge in [-0.1, -0.05) is 12.1 Å². The van der Waals surface area contributed by atoms with Crippen molar-refractivity contribution in [3.63, 3.8) is 0 Å². The van der Waals surface area contributed by atoms with Crippen molar-refractivity contribution in [3.8, 4) is 5.75 Å². The van der Waals surface area contributed by atoms with Crippen LogP contribution in [0.25, 0.3) is 0 Å². The lowest BCUT2D eigenvalue weighted by Gasteiger charge is -2.20. The lowest BCUT2D eigenvalue weighted by Crippen LogP contribution is -2.27. The molecule has 6 nitrogen and oxygen atoms in total. The van der Waals surface area contributed by atoms with Gasteiger partial charge in [0.2, 0.25) is 9.05 Å². The quantitative estimate of drug-likeness (QED) is 0.659. The molecule has 0 unspecified atom stereocenters. The average molecular weight is 322 g/mol. The third-order valence-corrected chi connectivity index (χ3v) is 3.07. The fourth-order valence-electron chi connectivity index (χ4n) is 1.44. The van der Waals surface area contributed by atoms with Gasteiger partial charge in [0.25, 0.3) is 0 Å². The Morgan fingerprint density at radius 3 is 2.50 bits per heavy atom. The van der Waals surface area contributed by atoms with Crippen molar-refractivity contribution in [2.24, 2.45) is 0 Å². The smallest absolute Gasteiger partial charge is 0.412 e. The van der Waals surface area contributed by atoms with Gasteiger partial charge in [0.15, 0.2) is 0 Å². The van der Waals surface area contributed by atoms with E-state index in [1.807, 2.05) is 0 Å². The molecular weight excluding hydrogens is 306 g/mol. The number of ether oxygens (including phenoxy) is 1. The van der Waals surface area contributed by atoms with E-state index in [1.54, 1.807) is 20.8 Å². The van der Waals surface area contributed by atoms with Crippen LogP contribution >= 0.6 is 10.7 Å². The Labute approximate surface area is 122 Å². The third kappa shape index (κ3) is 5.66. The Hall–Kier alpha value is -1.47. The molecule has 8 heteroatoms. The zero-order chi connectivity index (χ0) is 15.6. The monoisotopic (exact) mass is 321 g/mol. The third-order valence-electron chi connectivity index (χ3n) is 2.08. The molecule has 1 rings (SSSR count). The molecule has 0 radical (unpaired) electrons. The summed E-state index contributed by atoms with van der Waals surface area (Å²) in [5, 5.41) is 12.1. The molecule has 0 saturated heterocycles. The number of benzene rings is 1. The number of aromatic hydroxyl groups is 1. The lowest BCUT2D eigenvalue weighted by atomic mass is 10.2. The molecule has 0 aliphatic carbocycles. The second kappa shape index (κ2) is 5.88. The highest BCUT2D eigenvalue weighted by atomic mass is 35.7. The predicted molar refractivity (Wildman–Crippen MR) is 76.4 cm³/mol. The van der Waals surface area contributed by atoms with Gasteiger partial charge in [0, 0.05) is 10.7 Å². The number of amides is 1. The summed E-state index contributed by atoms with van der Waals surface area (Å²) in [5.41, 5.74) is -0.579. The minimum absolute atomic E-state index is 0.0361. The van der Waals surface area contributed by atoms with Gasteiger partial charge in [-0.05, 0) is 32.4 Å². The minimum Gasteiger partial charge on any atom is -0.506 e. The van der Waals surface area contributed by atoms with Crippen LogP contribution in [0.5, 0.6) is 5.75 Å². The molecule has 20 heavy (non-hydrogen) atoms. The Morgan fingerprint density at radius 1 is 1.40 bits per heavy atom. The number of para-hydroxylation sites is 1. The van der Waals surface area contributed by atoms with E-state index in [2.05, 4.69) is 5.32 Å². The molecule has 0 aromatic heterocycles. The van der Waals surface area contributed by atoms with Gasteiger partial charge >= 0.3 is 6.09 Å². The molecular formula is C12H16ClNO5S. The first kappa shape index (κ1) is 16.6. The number of halogens is 1. The van der Waals surface area contributed by atoms with E-state index in [1.165, 1.54) is 18.2 Å². The van der Waals surface area contributed by atoms with Crippen molar-refractivity contribution in [1.29, 1.82) is 0 Å². The second-order valence-corrected chi connectivity index (χ2v) is 7.90. The van der Waals surface area contributed by atoms with Gasteiger partial charge in [-0.2, -0.15) is 0 Å². The van der Waals surface area contributed by atoms with Crippen LogP contribution in [0.4, 0.5) is 10.5 Å². The fraction of sp³-hybridized carbons (Fsp3) is 0.417. The standard InChI is InChI=1S/C12H16ClNO5S/c1-12(2,3)19-11(16)14-10-8(7-20(13,17)18)5-4-6-9(10)15/h4-6,15H,7H2,1-3H3,(H,14,16). The first-order valence-electron chi connectivity index (χ1n) is 5.71. The van der Waals surface area contributed by atoms with Gasteiger partial charge in [-0.15, -0.1) is 0 Å². The number of carbonyl (C=O) groups excluding carboxylic acids is 1. The minimum atomic E-state index is -3.82. The Kier molecular flexibility index (Phi) is 4.88. The molecule has 112 valence electrons. The molecule has 2 N–H and O–H groups in total. The van der Waals surface area contributed by atoms with Gasteiger partial charge < -0.3 is 9.84 Å². The van der Waals surface area contributed by atoms with E-state index in [-0.39, 0.29) is 17.0 Å². The largest absolute Gasteiger partial charge is 0.506 e. The van der Waals surface area contributed by atoms with Crippen LogP contribution in [0.1, 0.15) is 26.3 Å². The molecule has 1 aromatic carbocycles. The first-order valence-corrected chi connectivity index (χ1v) is 8.19. The molecule has 1 aromatic rings. The molecule has 0 fully saturated rings. The molecule has 0 bridgehead atoms. The highest BCUT2D eigenvalue weighted by Gasteiger charge is 2.20. The number of hydrogen-bond donors (Lipinski definition) is 2. The molecule has 1 amide bonds. The van der Waals surface area contributed by atoms with Gasteiger partial charge in [0.05, 0.1) is 11.4 Å². The topological polar surface area (TPSA) is 92.7 Å². The zero-order valence-corrected chi connectivity index (χ0v) is 12.9. The maximum atomic E-state index is 11.7. The molecule has 0 spiro atoms. The Morgan fingerprint density at radius 2 is 2.00 bits per heavy atom. The predicted octanol–water partition coefficient (Wildman–Crippen LogP) is 2.81. The van der Waals surface area contributed by atoms with E-state index >= 15 is 0 Å². The number of rotatable bonds is 3. The van der Waals surface area contributed by atoms with Crippen LogP contribution in [-0.4, -0.2) is 25.2 Å². The van der Waals surface area contributed by atoms with Crippen LogP contribution in [-0.2, 0) is 19.5 Å². The Bertz CT molecular complexity index is 607. The van der Waals surface area contributed by atoms with Crippen LogP contribution in [0.3, 0.4) is 0 Å². The van der Waals surface area contributed by atoms with E-state index < -0.39 is 26.5 Å². The van der Waals surface area contributed by atoms with E-state index in [0.29, 0.717) is 0 Å². The van der Waals surface area contributed by atoms with E-state index in [9.17, 15) is 18.3 Å². The normalized spacial score (nSPS) is 12.0. The van der Waals surface area contributed by atoms with Crippen molar-refractivity contribution in [3.05, 3.63) is 23.8 Å². The van der Waals surface area contributed by atoms with Crippen LogP contribution in [0.2, 0.25) is 0 Å². The van der Waals surface area contributed by atoms with Crippen molar-refractivity contribution in [1.82, 2.24) is 0 Å². The average Bonchev–Trinajstić information content (AvgIpc) is 2.18. The van der Waals surface area contributed by atoms with Crippen molar-refractivity contribution in [2.45, 2.75) is 32.1 Å². The van der Waals surface area contributed by atoms with Crippen molar-refractivity contribution < 1.29 is 23.1 Å². The molecule has 0 aliphatic heterocycles.